The lowest BCUT2D eigenvalue weighted by Crippen LogP contribution is -1.82. The minimum atomic E-state index is -0.981. The molecule has 3 nitrogen and oxygen atoms in total. The largest absolute Gasteiger partial charge is 0.478 e. The number of para-hydroxylation sites is 2. The van der Waals surface area contributed by atoms with Crippen molar-refractivity contribution in [2.45, 2.75) is 0 Å². The van der Waals surface area contributed by atoms with Crippen molar-refractivity contribution in [2.75, 3.05) is 0 Å². The lowest BCUT2D eigenvalue weighted by atomic mass is 10.2. The van der Waals surface area contributed by atoms with Gasteiger partial charge in [0.1, 0.15) is 0 Å². The minimum absolute atomic E-state index is 0.833. The van der Waals surface area contributed by atoms with Crippen molar-refractivity contribution in [3.05, 3.63) is 67.8 Å². The van der Waals surface area contributed by atoms with Crippen molar-refractivity contribution in [2.24, 2.45) is 0 Å². The lowest BCUT2D eigenvalue weighted by molar-refractivity contribution is -0.131. The van der Waals surface area contributed by atoms with Crippen LogP contribution >= 0.6 is 0 Å². The summed E-state index contributed by atoms with van der Waals surface area (Å²) in [4.78, 5) is 9.25. The molecule has 0 aliphatic rings. The number of aromatic nitrogens is 1. The molecule has 1 N–H and O–H groups in total. The quantitative estimate of drug-likeness (QED) is 0.707. The van der Waals surface area contributed by atoms with E-state index >= 15 is 0 Å². The van der Waals surface area contributed by atoms with Gasteiger partial charge in [-0.25, -0.2) is 4.79 Å². The van der Waals surface area contributed by atoms with Gasteiger partial charge < -0.3 is 9.67 Å². The Kier molecular flexibility index (Phi) is 4.01. The molecule has 0 saturated heterocycles. The number of carboxylic acid groups (broad SMARTS) is 1. The van der Waals surface area contributed by atoms with Crippen LogP contribution in [0.15, 0.2) is 67.8 Å². The number of rotatable bonds is 2. The molecule has 1 heterocycles. The summed E-state index contributed by atoms with van der Waals surface area (Å²) in [7, 11) is 0. The van der Waals surface area contributed by atoms with E-state index in [4.69, 9.17) is 5.11 Å². The van der Waals surface area contributed by atoms with Crippen LogP contribution in [0, 0.1) is 0 Å². The van der Waals surface area contributed by atoms with Crippen LogP contribution in [-0.4, -0.2) is 15.6 Å². The number of aliphatic carboxylic acids is 1. The zero-order chi connectivity index (χ0) is 14.5. The molecule has 1 aromatic heterocycles. The topological polar surface area (TPSA) is 42.2 Å². The minimum Gasteiger partial charge on any atom is -0.478 e. The van der Waals surface area contributed by atoms with E-state index in [1.54, 1.807) is 0 Å². The summed E-state index contributed by atoms with van der Waals surface area (Å²) in [6, 6.07) is 16.8. The summed E-state index contributed by atoms with van der Waals surface area (Å²) in [5, 5.41) is 10.2. The van der Waals surface area contributed by atoms with E-state index in [2.05, 4.69) is 66.3 Å². The highest BCUT2D eigenvalue weighted by Gasteiger charge is 2.06. The van der Waals surface area contributed by atoms with Crippen molar-refractivity contribution >= 4 is 34.0 Å². The van der Waals surface area contributed by atoms with Gasteiger partial charge in [0.2, 0.25) is 0 Å². The van der Waals surface area contributed by atoms with E-state index in [0.717, 1.165) is 6.08 Å². The first kappa shape index (κ1) is 13.6. The standard InChI is InChI=1S/C14H11N.C3H4O2/c1-2-15-13-9-5-3-7-11(13)12-8-4-6-10-14(12)15;1-2-3(4)5/h2-10H,1H2;2H,1H2,(H,4,5). The van der Waals surface area contributed by atoms with Gasteiger partial charge >= 0.3 is 5.97 Å². The highest BCUT2D eigenvalue weighted by atomic mass is 16.4. The molecule has 0 atom stereocenters. The van der Waals surface area contributed by atoms with E-state index in [0.29, 0.717) is 0 Å². The summed E-state index contributed by atoms with van der Waals surface area (Å²) in [6.07, 6.45) is 2.70. The van der Waals surface area contributed by atoms with E-state index in [1.165, 1.54) is 21.8 Å². The van der Waals surface area contributed by atoms with Gasteiger partial charge in [-0.3, -0.25) is 0 Å². The highest BCUT2D eigenvalue weighted by molar-refractivity contribution is 6.09. The fraction of sp³-hybridized carbons (Fsp3) is 0. The highest BCUT2D eigenvalue weighted by Crippen LogP contribution is 2.28. The number of nitrogens with zero attached hydrogens (tertiary/aromatic N) is 1. The molecule has 3 rings (SSSR count). The summed E-state index contributed by atoms with van der Waals surface area (Å²) in [5.41, 5.74) is 2.43. The molecule has 0 bridgehead atoms. The third-order valence-corrected chi connectivity index (χ3v) is 2.97. The van der Waals surface area contributed by atoms with Crippen LogP contribution in [0.25, 0.3) is 28.0 Å². The molecule has 20 heavy (non-hydrogen) atoms. The maximum atomic E-state index is 9.25. The normalized spacial score (nSPS) is 9.80. The maximum absolute atomic E-state index is 9.25. The Morgan fingerprint density at radius 2 is 1.35 bits per heavy atom. The van der Waals surface area contributed by atoms with Crippen LogP contribution in [0.5, 0.6) is 0 Å². The monoisotopic (exact) mass is 265 g/mol. The number of carboxylic acids is 1. The van der Waals surface area contributed by atoms with Crippen molar-refractivity contribution in [3.63, 3.8) is 0 Å². The Balaban J connectivity index is 0.000000257. The first-order valence-electron chi connectivity index (χ1n) is 6.14. The Morgan fingerprint density at radius 1 is 0.950 bits per heavy atom. The summed E-state index contributed by atoms with van der Waals surface area (Å²) in [5.74, 6) is -0.981. The van der Waals surface area contributed by atoms with Crippen molar-refractivity contribution in [1.29, 1.82) is 0 Å². The molecule has 0 saturated carbocycles. The van der Waals surface area contributed by atoms with Crippen molar-refractivity contribution < 1.29 is 9.90 Å². The Hall–Kier alpha value is -2.81. The molecule has 0 aliphatic heterocycles. The molecule has 2 aromatic carbocycles. The molecule has 0 unspecified atom stereocenters. The van der Waals surface area contributed by atoms with Crippen molar-refractivity contribution in [3.8, 4) is 0 Å². The molecule has 0 fully saturated rings. The van der Waals surface area contributed by atoms with Gasteiger partial charge in [0.05, 0.1) is 11.0 Å². The molecule has 0 amide bonds. The fourth-order valence-corrected chi connectivity index (χ4v) is 2.15. The zero-order valence-electron chi connectivity index (χ0n) is 11.0. The van der Waals surface area contributed by atoms with Gasteiger partial charge in [0, 0.05) is 23.0 Å². The predicted octanol–water partition coefficient (Wildman–Crippen LogP) is 4.15. The number of fused-ring (bicyclic) bond motifs is 3. The molecule has 3 aromatic rings. The zero-order valence-corrected chi connectivity index (χ0v) is 11.0. The van der Waals surface area contributed by atoms with E-state index in [-0.39, 0.29) is 0 Å². The van der Waals surface area contributed by atoms with Crippen LogP contribution in [0.3, 0.4) is 0 Å². The molecule has 100 valence electrons. The number of benzene rings is 2. The van der Waals surface area contributed by atoms with Crippen LogP contribution in [0.2, 0.25) is 0 Å². The third-order valence-electron chi connectivity index (χ3n) is 2.97. The summed E-state index contributed by atoms with van der Waals surface area (Å²) < 4.78 is 2.13. The number of hydrogen-bond acceptors (Lipinski definition) is 1. The molecular formula is C17H15NO2. The molecule has 0 aliphatic carbocycles. The average molecular weight is 265 g/mol. The average Bonchev–Trinajstić information content (AvgIpc) is 2.81. The molecule has 0 radical (unpaired) electrons. The second-order valence-corrected chi connectivity index (χ2v) is 4.13. The van der Waals surface area contributed by atoms with Gasteiger partial charge in [0.25, 0.3) is 0 Å². The molecule has 0 spiro atoms. The third kappa shape index (κ3) is 2.47. The van der Waals surface area contributed by atoms with Gasteiger partial charge in [-0.2, -0.15) is 0 Å². The van der Waals surface area contributed by atoms with Crippen LogP contribution in [0.1, 0.15) is 0 Å². The van der Waals surface area contributed by atoms with Crippen LogP contribution < -0.4 is 0 Å². The molecular weight excluding hydrogens is 250 g/mol. The Morgan fingerprint density at radius 3 is 1.70 bits per heavy atom. The van der Waals surface area contributed by atoms with E-state index in [1.807, 2.05) is 6.20 Å². The van der Waals surface area contributed by atoms with E-state index < -0.39 is 5.97 Å². The fourth-order valence-electron chi connectivity index (χ4n) is 2.15. The smallest absolute Gasteiger partial charge is 0.327 e. The van der Waals surface area contributed by atoms with Crippen LogP contribution in [0.4, 0.5) is 0 Å². The number of hydrogen-bond donors (Lipinski definition) is 1. The second-order valence-electron chi connectivity index (χ2n) is 4.13. The Bertz CT molecular complexity index is 731. The SMILES string of the molecule is C=CC(=O)O.C=Cn1c2ccccc2c2ccccc21. The maximum Gasteiger partial charge on any atom is 0.327 e. The van der Waals surface area contributed by atoms with Gasteiger partial charge in [0.15, 0.2) is 0 Å². The number of carbonyl (C=O) groups is 1. The first-order chi connectivity index (χ1) is 9.69. The van der Waals surface area contributed by atoms with Gasteiger partial charge in [-0.15, -0.1) is 0 Å². The summed E-state index contributed by atoms with van der Waals surface area (Å²) in [6.45, 7) is 6.83. The van der Waals surface area contributed by atoms with Gasteiger partial charge in [-0.05, 0) is 12.1 Å². The first-order valence-corrected chi connectivity index (χ1v) is 6.14. The van der Waals surface area contributed by atoms with E-state index in [9.17, 15) is 4.79 Å². The van der Waals surface area contributed by atoms with Gasteiger partial charge in [-0.1, -0.05) is 49.6 Å². The second kappa shape index (κ2) is 5.89. The summed E-state index contributed by atoms with van der Waals surface area (Å²) >= 11 is 0. The Labute approximate surface area is 117 Å². The lowest BCUT2D eigenvalue weighted by Gasteiger charge is -1.97. The van der Waals surface area contributed by atoms with Crippen LogP contribution in [-0.2, 0) is 4.79 Å². The molecule has 3 heteroatoms. The predicted molar refractivity (Wildman–Crippen MR) is 83.7 cm³/mol. The van der Waals surface area contributed by atoms with Crippen molar-refractivity contribution in [1.82, 2.24) is 4.57 Å².